The molecule has 0 spiro atoms. The molecule has 0 aliphatic heterocycles. The molecule has 0 heterocycles. The van der Waals surface area contributed by atoms with E-state index in [1.165, 1.54) is 13.8 Å². The van der Waals surface area contributed by atoms with Gasteiger partial charge in [0.1, 0.15) is 17.2 Å². The molecule has 0 saturated carbocycles. The number of sulfonamides is 1. The minimum Gasteiger partial charge on any atom is -0.369 e. The van der Waals surface area contributed by atoms with Gasteiger partial charge < -0.3 is 11.1 Å². The Bertz CT molecular complexity index is 927. The summed E-state index contributed by atoms with van der Waals surface area (Å²) in [6.45, 7) is 4.68. The number of nitrogens with one attached hydrogen (secondary N) is 2. The minimum absolute atomic E-state index is 0.0360. The van der Waals surface area contributed by atoms with Crippen molar-refractivity contribution < 1.29 is 26.8 Å². The number of hydrogen-bond acceptors (Lipinski definition) is 4. The molecule has 0 aromatic heterocycles. The SMILES string of the molecule is CCCC1CC(C(N)=O)C=CC1NC(=O)C(C)(C)NS(=O)(=O)c1cc(F)cc(F)c1. The minimum atomic E-state index is -4.36. The van der Waals surface area contributed by atoms with Crippen LogP contribution >= 0.6 is 0 Å². The summed E-state index contributed by atoms with van der Waals surface area (Å²) in [6.07, 6.45) is 5.40. The van der Waals surface area contributed by atoms with Crippen LogP contribution in [0.5, 0.6) is 0 Å². The average Bonchev–Trinajstić information content (AvgIpc) is 2.61. The highest BCUT2D eigenvalue weighted by molar-refractivity contribution is 7.89. The van der Waals surface area contributed by atoms with E-state index in [0.717, 1.165) is 12.8 Å². The van der Waals surface area contributed by atoms with Gasteiger partial charge in [-0.2, -0.15) is 4.72 Å². The van der Waals surface area contributed by atoms with Gasteiger partial charge in [0.25, 0.3) is 0 Å². The van der Waals surface area contributed by atoms with Crippen LogP contribution in [0.3, 0.4) is 0 Å². The van der Waals surface area contributed by atoms with E-state index in [-0.39, 0.29) is 5.92 Å². The number of amides is 2. The van der Waals surface area contributed by atoms with E-state index in [9.17, 15) is 26.8 Å². The predicted molar refractivity (Wildman–Crippen MR) is 108 cm³/mol. The molecule has 7 nitrogen and oxygen atoms in total. The summed E-state index contributed by atoms with van der Waals surface area (Å²) in [5.74, 6) is -3.59. The summed E-state index contributed by atoms with van der Waals surface area (Å²) in [7, 11) is -4.36. The fourth-order valence-corrected chi connectivity index (χ4v) is 4.88. The van der Waals surface area contributed by atoms with E-state index >= 15 is 0 Å². The molecule has 1 aliphatic rings. The maximum absolute atomic E-state index is 13.4. The van der Waals surface area contributed by atoms with Gasteiger partial charge >= 0.3 is 0 Å². The Kier molecular flexibility index (Phi) is 7.36. The molecule has 1 aliphatic carbocycles. The number of nitrogens with two attached hydrogens (primary N) is 1. The molecule has 10 heteroatoms. The summed E-state index contributed by atoms with van der Waals surface area (Å²) in [6, 6.07) is 1.50. The molecule has 166 valence electrons. The fraction of sp³-hybridized carbons (Fsp3) is 0.500. The van der Waals surface area contributed by atoms with Gasteiger partial charge in [0.05, 0.1) is 16.9 Å². The van der Waals surface area contributed by atoms with Crippen LogP contribution in [-0.4, -0.2) is 31.8 Å². The first-order chi connectivity index (χ1) is 13.9. The molecule has 0 fully saturated rings. The number of hydrogen-bond donors (Lipinski definition) is 3. The molecule has 2 amide bonds. The maximum Gasteiger partial charge on any atom is 0.241 e. The van der Waals surface area contributed by atoms with Crippen LogP contribution in [-0.2, 0) is 19.6 Å². The van der Waals surface area contributed by atoms with Crippen LogP contribution in [0, 0.1) is 23.5 Å². The standard InChI is InChI=1S/C20H27F2N3O4S/c1-4-5-12-8-13(18(23)26)6-7-17(12)24-19(27)20(2,3)25-30(28,29)16-10-14(21)9-15(22)11-16/h6-7,9-13,17,25H,4-5,8H2,1-3H3,(H2,23,26)(H,24,27). The van der Waals surface area contributed by atoms with E-state index in [1.54, 1.807) is 12.2 Å². The normalized spacial score (nSPS) is 22.0. The lowest BCUT2D eigenvalue weighted by Gasteiger charge is -2.34. The van der Waals surface area contributed by atoms with Gasteiger partial charge in [-0.3, -0.25) is 9.59 Å². The highest BCUT2D eigenvalue weighted by atomic mass is 32.2. The topological polar surface area (TPSA) is 118 Å². The van der Waals surface area contributed by atoms with Crippen molar-refractivity contribution in [2.24, 2.45) is 17.6 Å². The number of rotatable bonds is 8. The van der Waals surface area contributed by atoms with Gasteiger partial charge in [-0.05, 0) is 44.7 Å². The zero-order valence-corrected chi connectivity index (χ0v) is 17.9. The van der Waals surface area contributed by atoms with Crippen LogP contribution in [0.1, 0.15) is 40.0 Å². The zero-order valence-electron chi connectivity index (χ0n) is 17.1. The second-order valence-electron chi connectivity index (χ2n) is 8.01. The van der Waals surface area contributed by atoms with E-state index in [1.807, 2.05) is 6.92 Å². The van der Waals surface area contributed by atoms with Crippen LogP contribution in [0.25, 0.3) is 0 Å². The first kappa shape index (κ1) is 23.9. The first-order valence-electron chi connectivity index (χ1n) is 9.64. The molecule has 4 N–H and O–H groups in total. The molecule has 3 unspecified atom stereocenters. The number of halogens is 2. The Labute approximate surface area is 175 Å². The van der Waals surface area contributed by atoms with E-state index in [0.29, 0.717) is 24.6 Å². The molecule has 1 aromatic carbocycles. The van der Waals surface area contributed by atoms with Crippen LogP contribution < -0.4 is 15.8 Å². The Morgan fingerprint density at radius 2 is 1.77 bits per heavy atom. The lowest BCUT2D eigenvalue weighted by molar-refractivity contribution is -0.126. The lowest BCUT2D eigenvalue weighted by Crippen LogP contribution is -2.57. The number of carbonyl (C=O) groups excluding carboxylic acids is 2. The molecule has 2 rings (SSSR count). The van der Waals surface area contributed by atoms with Gasteiger partial charge in [0, 0.05) is 6.07 Å². The third-order valence-corrected chi connectivity index (χ3v) is 6.68. The molecule has 0 saturated heterocycles. The summed E-state index contributed by atoms with van der Waals surface area (Å²) in [5.41, 5.74) is 3.78. The fourth-order valence-electron chi connectivity index (χ4n) is 3.46. The monoisotopic (exact) mass is 443 g/mol. The quantitative estimate of drug-likeness (QED) is 0.533. The Hall–Kier alpha value is -2.33. The van der Waals surface area contributed by atoms with Gasteiger partial charge in [0.15, 0.2) is 0 Å². The van der Waals surface area contributed by atoms with Crippen molar-refractivity contribution in [1.82, 2.24) is 10.0 Å². The smallest absolute Gasteiger partial charge is 0.241 e. The van der Waals surface area contributed by atoms with E-state index in [4.69, 9.17) is 5.73 Å². The lowest BCUT2D eigenvalue weighted by atomic mass is 9.80. The average molecular weight is 444 g/mol. The first-order valence-corrected chi connectivity index (χ1v) is 11.1. The zero-order chi connectivity index (χ0) is 22.7. The summed E-state index contributed by atoms with van der Waals surface area (Å²) < 4.78 is 54.1. The van der Waals surface area contributed by atoms with E-state index < -0.39 is 55.9 Å². The van der Waals surface area contributed by atoms with Crippen LogP contribution in [0.4, 0.5) is 8.78 Å². The molecule has 30 heavy (non-hydrogen) atoms. The Balaban J connectivity index is 2.18. The highest BCUT2D eigenvalue weighted by Crippen LogP contribution is 2.28. The number of benzene rings is 1. The van der Waals surface area contributed by atoms with Crippen LogP contribution in [0.15, 0.2) is 35.2 Å². The van der Waals surface area contributed by atoms with Crippen molar-refractivity contribution in [2.75, 3.05) is 0 Å². The van der Waals surface area contributed by atoms with Crippen molar-refractivity contribution in [3.05, 3.63) is 42.0 Å². The van der Waals surface area contributed by atoms with Crippen molar-refractivity contribution in [2.45, 2.75) is 56.5 Å². The highest BCUT2D eigenvalue weighted by Gasteiger charge is 2.37. The molecular weight excluding hydrogens is 416 g/mol. The second kappa shape index (κ2) is 9.22. The number of carbonyl (C=O) groups is 2. The molecule has 1 aromatic rings. The van der Waals surface area contributed by atoms with Crippen molar-refractivity contribution >= 4 is 21.8 Å². The van der Waals surface area contributed by atoms with Gasteiger partial charge in [-0.1, -0.05) is 25.5 Å². The third-order valence-electron chi connectivity index (χ3n) is 5.04. The second-order valence-corrected chi connectivity index (χ2v) is 9.70. The van der Waals surface area contributed by atoms with Gasteiger partial charge in [-0.15, -0.1) is 0 Å². The maximum atomic E-state index is 13.4. The molecule has 0 radical (unpaired) electrons. The summed E-state index contributed by atoms with van der Waals surface area (Å²) in [4.78, 5) is 23.7. The Morgan fingerprint density at radius 3 is 2.30 bits per heavy atom. The van der Waals surface area contributed by atoms with Crippen molar-refractivity contribution in [3.63, 3.8) is 0 Å². The van der Waals surface area contributed by atoms with Crippen LogP contribution in [0.2, 0.25) is 0 Å². The summed E-state index contributed by atoms with van der Waals surface area (Å²) in [5, 5.41) is 2.80. The van der Waals surface area contributed by atoms with E-state index in [2.05, 4.69) is 10.0 Å². The Morgan fingerprint density at radius 1 is 1.17 bits per heavy atom. The van der Waals surface area contributed by atoms with Crippen molar-refractivity contribution in [3.8, 4) is 0 Å². The predicted octanol–water partition coefficient (Wildman–Crippen LogP) is 1.98. The summed E-state index contributed by atoms with van der Waals surface area (Å²) >= 11 is 0. The van der Waals surface area contributed by atoms with Gasteiger partial charge in [0.2, 0.25) is 21.8 Å². The third kappa shape index (κ3) is 5.85. The largest absolute Gasteiger partial charge is 0.369 e. The molecule has 3 atom stereocenters. The van der Waals surface area contributed by atoms with Crippen molar-refractivity contribution in [1.29, 1.82) is 0 Å². The number of primary amides is 1. The molecular formula is C20H27F2N3O4S. The molecule has 0 bridgehead atoms. The van der Waals surface area contributed by atoms with Gasteiger partial charge in [-0.25, -0.2) is 17.2 Å².